The van der Waals surface area contributed by atoms with Crippen molar-refractivity contribution < 1.29 is 8.83 Å². The third-order valence-electron chi connectivity index (χ3n) is 11.8. The van der Waals surface area contributed by atoms with Gasteiger partial charge < -0.3 is 18.6 Å². The highest BCUT2D eigenvalue weighted by Crippen LogP contribution is 2.44. The van der Waals surface area contributed by atoms with Crippen molar-refractivity contribution in [2.24, 2.45) is 0 Å². The average molecular weight is 763 g/mol. The number of anilines is 6. The van der Waals surface area contributed by atoms with Crippen LogP contribution in [0.5, 0.6) is 0 Å². The van der Waals surface area contributed by atoms with Gasteiger partial charge in [-0.2, -0.15) is 0 Å². The molecule has 0 atom stereocenters. The molecule has 0 radical (unpaired) electrons. The first-order valence-corrected chi connectivity index (χ1v) is 20.3. The summed E-state index contributed by atoms with van der Waals surface area (Å²) in [4.78, 5) is 4.67. The first-order chi connectivity index (χ1) is 28.7. The van der Waals surface area contributed by atoms with Crippen LogP contribution in [0, 0.1) is 34.6 Å². The van der Waals surface area contributed by atoms with E-state index < -0.39 is 0 Å². The van der Waals surface area contributed by atoms with Crippen LogP contribution < -0.4 is 9.80 Å². The third-order valence-corrected chi connectivity index (χ3v) is 11.8. The molecule has 0 N–H and O–H groups in total. The van der Waals surface area contributed by atoms with Gasteiger partial charge in [-0.05, 0) is 182 Å². The second-order valence-electron chi connectivity index (χ2n) is 16.2. The number of nitrogens with zero attached hydrogens (tertiary/aromatic N) is 2. The summed E-state index contributed by atoms with van der Waals surface area (Å²) in [6.07, 6.45) is 0. The molecule has 0 bridgehead atoms. The van der Waals surface area contributed by atoms with E-state index >= 15 is 0 Å². The van der Waals surface area contributed by atoms with Crippen LogP contribution in [0.4, 0.5) is 34.1 Å². The SMILES string of the molecule is Cc1cc(C)cc(N(c2ccccc2)c2ccc3cc4c(cc3c2)oc2c(C)c3c(cc24)oc2cc4cc(N(c5ccccc5)c5cc(C)cc(C)c5)ccc4cc23)c1. The Labute approximate surface area is 343 Å². The van der Waals surface area contributed by atoms with Crippen LogP contribution in [0.3, 0.4) is 0 Å². The van der Waals surface area contributed by atoms with Crippen molar-refractivity contribution in [3.05, 3.63) is 192 Å². The van der Waals surface area contributed by atoms with Crippen molar-refractivity contribution >= 4 is 99.5 Å². The maximum absolute atomic E-state index is 6.79. The van der Waals surface area contributed by atoms with Crippen LogP contribution in [0.1, 0.15) is 27.8 Å². The summed E-state index contributed by atoms with van der Waals surface area (Å²) in [6, 6.07) is 59.2. The molecule has 2 heterocycles. The molecule has 0 unspecified atom stereocenters. The van der Waals surface area contributed by atoms with Gasteiger partial charge in [0, 0.05) is 61.2 Å². The Hall–Kier alpha value is -7.30. The van der Waals surface area contributed by atoms with E-state index in [1.54, 1.807) is 0 Å². The highest BCUT2D eigenvalue weighted by Gasteiger charge is 2.21. The molecule has 0 aliphatic carbocycles. The summed E-state index contributed by atoms with van der Waals surface area (Å²) in [5.41, 5.74) is 16.3. The lowest BCUT2D eigenvalue weighted by atomic mass is 10.00. The van der Waals surface area contributed by atoms with Crippen molar-refractivity contribution in [1.29, 1.82) is 0 Å². The molecule has 0 amide bonds. The molecule has 0 saturated heterocycles. The summed E-state index contributed by atoms with van der Waals surface area (Å²) < 4.78 is 13.5. The van der Waals surface area contributed by atoms with Crippen molar-refractivity contribution in [2.75, 3.05) is 9.80 Å². The lowest BCUT2D eigenvalue weighted by molar-refractivity contribution is 0.662. The predicted octanol–water partition coefficient (Wildman–Crippen LogP) is 16.3. The van der Waals surface area contributed by atoms with E-state index in [9.17, 15) is 0 Å². The zero-order valence-electron chi connectivity index (χ0n) is 33.8. The summed E-state index contributed by atoms with van der Waals surface area (Å²) in [5.74, 6) is 0. The molecule has 0 aliphatic rings. The van der Waals surface area contributed by atoms with E-state index in [2.05, 4.69) is 208 Å². The summed E-state index contributed by atoms with van der Waals surface area (Å²) in [7, 11) is 0. The molecular weight excluding hydrogens is 721 g/mol. The number of hydrogen-bond donors (Lipinski definition) is 0. The van der Waals surface area contributed by atoms with E-state index in [1.165, 1.54) is 22.3 Å². The number of hydrogen-bond acceptors (Lipinski definition) is 4. The van der Waals surface area contributed by atoms with Gasteiger partial charge in [0.1, 0.15) is 22.3 Å². The molecule has 4 nitrogen and oxygen atoms in total. The highest BCUT2D eigenvalue weighted by molar-refractivity contribution is 6.20. The minimum absolute atomic E-state index is 0.867. The largest absolute Gasteiger partial charge is 0.456 e. The van der Waals surface area contributed by atoms with E-state index in [0.29, 0.717) is 0 Å². The highest BCUT2D eigenvalue weighted by atomic mass is 16.3. The minimum atomic E-state index is 0.867. The average Bonchev–Trinajstić information content (AvgIpc) is 3.76. The smallest absolute Gasteiger partial charge is 0.139 e. The van der Waals surface area contributed by atoms with Crippen molar-refractivity contribution in [3.63, 3.8) is 0 Å². The zero-order valence-corrected chi connectivity index (χ0v) is 33.8. The Bertz CT molecular complexity index is 3300. The monoisotopic (exact) mass is 762 g/mol. The molecular formula is C55H42N2O2. The van der Waals surface area contributed by atoms with Crippen LogP contribution in [-0.2, 0) is 0 Å². The van der Waals surface area contributed by atoms with Crippen LogP contribution in [0.2, 0.25) is 0 Å². The van der Waals surface area contributed by atoms with Gasteiger partial charge in [-0.25, -0.2) is 0 Å². The van der Waals surface area contributed by atoms with E-state index in [4.69, 9.17) is 8.83 Å². The van der Waals surface area contributed by atoms with Gasteiger partial charge in [0.05, 0.1) is 0 Å². The minimum Gasteiger partial charge on any atom is -0.456 e. The third kappa shape index (κ3) is 5.90. The van der Waals surface area contributed by atoms with Crippen LogP contribution in [-0.4, -0.2) is 0 Å². The second-order valence-corrected chi connectivity index (χ2v) is 16.2. The van der Waals surface area contributed by atoms with Gasteiger partial charge in [0.2, 0.25) is 0 Å². The molecule has 0 fully saturated rings. The van der Waals surface area contributed by atoms with Crippen molar-refractivity contribution in [1.82, 2.24) is 0 Å². The fourth-order valence-corrected chi connectivity index (χ4v) is 9.33. The Balaban J connectivity index is 1.03. The molecule has 11 rings (SSSR count). The Morgan fingerprint density at radius 1 is 0.322 bits per heavy atom. The molecule has 0 spiro atoms. The summed E-state index contributed by atoms with van der Waals surface area (Å²) in [6.45, 7) is 10.8. The van der Waals surface area contributed by atoms with E-state index in [0.717, 1.165) is 105 Å². The van der Waals surface area contributed by atoms with Crippen LogP contribution in [0.25, 0.3) is 65.4 Å². The molecule has 4 heteroatoms. The van der Waals surface area contributed by atoms with Gasteiger partial charge >= 0.3 is 0 Å². The summed E-state index contributed by atoms with van der Waals surface area (Å²) in [5, 5.41) is 8.91. The molecule has 59 heavy (non-hydrogen) atoms. The normalized spacial score (nSPS) is 11.8. The Morgan fingerprint density at radius 3 is 1.31 bits per heavy atom. The molecule has 284 valence electrons. The van der Waals surface area contributed by atoms with E-state index in [-0.39, 0.29) is 0 Å². The maximum atomic E-state index is 6.79. The fraction of sp³-hybridized carbons (Fsp3) is 0.0909. The van der Waals surface area contributed by atoms with Crippen LogP contribution >= 0.6 is 0 Å². The van der Waals surface area contributed by atoms with Gasteiger partial charge in [-0.1, -0.05) is 60.7 Å². The van der Waals surface area contributed by atoms with Crippen LogP contribution in [0.15, 0.2) is 173 Å². The maximum Gasteiger partial charge on any atom is 0.139 e. The molecule has 9 aromatic carbocycles. The Kier molecular flexibility index (Phi) is 7.92. The first kappa shape index (κ1) is 34.9. The second kappa shape index (κ2) is 13.4. The lowest BCUT2D eigenvalue weighted by Gasteiger charge is -2.26. The summed E-state index contributed by atoms with van der Waals surface area (Å²) >= 11 is 0. The van der Waals surface area contributed by atoms with Gasteiger partial charge in [-0.3, -0.25) is 0 Å². The van der Waals surface area contributed by atoms with Gasteiger partial charge in [0.25, 0.3) is 0 Å². The Morgan fingerprint density at radius 2 is 0.797 bits per heavy atom. The topological polar surface area (TPSA) is 32.8 Å². The van der Waals surface area contributed by atoms with Crippen molar-refractivity contribution in [2.45, 2.75) is 34.6 Å². The molecule has 0 aliphatic heterocycles. The number of aryl methyl sites for hydroxylation is 5. The number of furan rings is 2. The van der Waals surface area contributed by atoms with Gasteiger partial charge in [0.15, 0.2) is 0 Å². The number of fused-ring (bicyclic) bond motifs is 8. The quantitative estimate of drug-likeness (QED) is 0.169. The first-order valence-electron chi connectivity index (χ1n) is 20.3. The number of para-hydroxylation sites is 2. The molecule has 11 aromatic rings. The zero-order chi connectivity index (χ0) is 39.9. The fourth-order valence-electron chi connectivity index (χ4n) is 9.33. The molecule has 2 aromatic heterocycles. The number of benzene rings is 9. The van der Waals surface area contributed by atoms with Crippen molar-refractivity contribution in [3.8, 4) is 0 Å². The van der Waals surface area contributed by atoms with Gasteiger partial charge in [-0.15, -0.1) is 0 Å². The van der Waals surface area contributed by atoms with E-state index in [1.807, 2.05) is 0 Å². The molecule has 0 saturated carbocycles. The lowest BCUT2D eigenvalue weighted by Crippen LogP contribution is -2.10. The predicted molar refractivity (Wildman–Crippen MR) is 249 cm³/mol. The number of rotatable bonds is 6. The standard InChI is InChI=1S/C55H42N2O2/c1-33-20-34(2)23-46(22-33)56(42-12-8-6-9-13-42)44-18-16-38-28-48-49-32-53-54(37(5)55(49)59-51(48)30-40(38)26-44)50-29-39-17-19-45(27-41(39)31-52(50)58-53)57(43-14-10-7-11-15-43)47-24-35(3)21-36(4)25-47/h6-32H,1-5H3.